The van der Waals surface area contributed by atoms with Crippen molar-refractivity contribution in [2.24, 2.45) is 17.3 Å². The Balaban J connectivity index is 1.74. The molecule has 2 heteroatoms. The maximum absolute atomic E-state index is 13.1. The van der Waals surface area contributed by atoms with E-state index in [9.17, 15) is 4.39 Å². The Morgan fingerprint density at radius 1 is 1.25 bits per heavy atom. The summed E-state index contributed by atoms with van der Waals surface area (Å²) in [6.45, 7) is 4.47. The van der Waals surface area contributed by atoms with Gasteiger partial charge in [-0.2, -0.15) is 0 Å². The maximum atomic E-state index is 13.1. The number of fused-ring (bicyclic) bond motifs is 2. The lowest BCUT2D eigenvalue weighted by molar-refractivity contribution is 0.156. The van der Waals surface area contributed by atoms with Gasteiger partial charge in [0.2, 0.25) is 0 Å². The summed E-state index contributed by atoms with van der Waals surface area (Å²) in [6.07, 6.45) is 7.94. The third-order valence-corrected chi connectivity index (χ3v) is 5.48. The summed E-state index contributed by atoms with van der Waals surface area (Å²) in [4.78, 5) is 0. The van der Waals surface area contributed by atoms with Crippen molar-refractivity contribution in [1.82, 2.24) is 5.32 Å². The largest absolute Gasteiger partial charge is 0.316 e. The topological polar surface area (TPSA) is 12.0 Å². The molecule has 1 N–H and O–H groups in total. The quantitative estimate of drug-likeness (QED) is 0.768. The van der Waals surface area contributed by atoms with Crippen LogP contribution in [-0.4, -0.2) is 13.1 Å². The summed E-state index contributed by atoms with van der Waals surface area (Å²) in [6, 6.07) is 7.16. The Hall–Kier alpha value is -0.890. The van der Waals surface area contributed by atoms with E-state index >= 15 is 0 Å². The van der Waals surface area contributed by atoms with Crippen LogP contribution in [0, 0.1) is 23.1 Å². The van der Waals surface area contributed by atoms with Crippen LogP contribution < -0.4 is 5.32 Å². The first-order chi connectivity index (χ1) is 9.72. The molecule has 3 atom stereocenters. The number of rotatable bonds is 6. The fourth-order valence-electron chi connectivity index (χ4n) is 4.58. The van der Waals surface area contributed by atoms with Crippen molar-refractivity contribution in [3.05, 3.63) is 35.6 Å². The minimum absolute atomic E-state index is 0.125. The molecule has 2 aliphatic carbocycles. The molecule has 0 radical (unpaired) electrons. The first-order valence-corrected chi connectivity index (χ1v) is 8.17. The Labute approximate surface area is 122 Å². The Bertz CT molecular complexity index is 441. The standard InChI is InChI=1S/C18H26FN/c1-2-9-20-13-18(12-15-3-6-16(18)10-15)11-14-4-7-17(19)8-5-14/h4-5,7-8,15-16,20H,2-3,6,9-13H2,1H3. The molecule has 0 heterocycles. The van der Waals surface area contributed by atoms with E-state index in [4.69, 9.17) is 0 Å². The third-order valence-electron chi connectivity index (χ3n) is 5.48. The van der Waals surface area contributed by atoms with Gasteiger partial charge >= 0.3 is 0 Å². The summed E-state index contributed by atoms with van der Waals surface area (Å²) in [7, 11) is 0. The lowest BCUT2D eigenvalue weighted by Gasteiger charge is -2.38. The fourth-order valence-corrected chi connectivity index (χ4v) is 4.58. The predicted octanol–water partition coefficient (Wildman–Crippen LogP) is 4.17. The van der Waals surface area contributed by atoms with Crippen LogP contribution in [0.1, 0.15) is 44.6 Å². The number of halogens is 1. The predicted molar refractivity (Wildman–Crippen MR) is 81.1 cm³/mol. The molecule has 2 aliphatic rings. The molecule has 1 aromatic carbocycles. The van der Waals surface area contributed by atoms with Crippen LogP contribution in [0.3, 0.4) is 0 Å². The van der Waals surface area contributed by atoms with Gasteiger partial charge < -0.3 is 5.32 Å². The summed E-state index contributed by atoms with van der Waals surface area (Å²) in [5.41, 5.74) is 1.73. The van der Waals surface area contributed by atoms with Gasteiger partial charge in [0.15, 0.2) is 0 Å². The normalized spacial score (nSPS) is 31.9. The van der Waals surface area contributed by atoms with Crippen molar-refractivity contribution >= 4 is 0 Å². The van der Waals surface area contributed by atoms with Crippen molar-refractivity contribution in [2.75, 3.05) is 13.1 Å². The molecule has 20 heavy (non-hydrogen) atoms. The minimum Gasteiger partial charge on any atom is -0.316 e. The van der Waals surface area contributed by atoms with Crippen molar-refractivity contribution in [2.45, 2.75) is 45.4 Å². The van der Waals surface area contributed by atoms with E-state index in [0.29, 0.717) is 5.41 Å². The lowest BCUT2D eigenvalue weighted by Crippen LogP contribution is -2.40. The van der Waals surface area contributed by atoms with Crippen LogP contribution in [0.15, 0.2) is 24.3 Å². The molecule has 3 rings (SSSR count). The van der Waals surface area contributed by atoms with Gasteiger partial charge in [-0.25, -0.2) is 4.39 Å². The van der Waals surface area contributed by atoms with E-state index in [1.54, 1.807) is 12.1 Å². The highest BCUT2D eigenvalue weighted by molar-refractivity contribution is 5.20. The molecular formula is C18H26FN. The number of hydrogen-bond acceptors (Lipinski definition) is 1. The Morgan fingerprint density at radius 3 is 2.65 bits per heavy atom. The fraction of sp³-hybridized carbons (Fsp3) is 0.667. The number of hydrogen-bond donors (Lipinski definition) is 1. The van der Waals surface area contributed by atoms with E-state index in [1.807, 2.05) is 12.1 Å². The zero-order valence-electron chi connectivity index (χ0n) is 12.5. The molecule has 1 nitrogen and oxygen atoms in total. The van der Waals surface area contributed by atoms with Crippen molar-refractivity contribution in [3.63, 3.8) is 0 Å². The van der Waals surface area contributed by atoms with Crippen LogP contribution in [-0.2, 0) is 6.42 Å². The molecule has 0 aromatic heterocycles. The lowest BCUT2D eigenvalue weighted by atomic mass is 9.69. The highest BCUT2D eigenvalue weighted by atomic mass is 19.1. The number of nitrogens with one attached hydrogen (secondary N) is 1. The molecule has 0 saturated heterocycles. The van der Waals surface area contributed by atoms with Crippen LogP contribution >= 0.6 is 0 Å². The molecule has 2 saturated carbocycles. The van der Waals surface area contributed by atoms with Gasteiger partial charge in [-0.3, -0.25) is 0 Å². The molecule has 2 fully saturated rings. The van der Waals surface area contributed by atoms with Gasteiger partial charge in [0.1, 0.15) is 5.82 Å². The summed E-state index contributed by atoms with van der Waals surface area (Å²) < 4.78 is 13.1. The third kappa shape index (κ3) is 2.76. The molecule has 110 valence electrons. The maximum Gasteiger partial charge on any atom is 0.123 e. The zero-order chi connectivity index (χ0) is 14.0. The van der Waals surface area contributed by atoms with Crippen molar-refractivity contribution in [3.8, 4) is 0 Å². The summed E-state index contributed by atoms with van der Waals surface area (Å²) in [5, 5.41) is 3.66. The van der Waals surface area contributed by atoms with E-state index in [2.05, 4.69) is 12.2 Å². The highest BCUT2D eigenvalue weighted by Crippen LogP contribution is 2.57. The first kappa shape index (κ1) is 14.1. The van der Waals surface area contributed by atoms with Gasteiger partial charge in [-0.05, 0) is 73.6 Å². The average molecular weight is 275 g/mol. The zero-order valence-corrected chi connectivity index (χ0v) is 12.5. The summed E-state index contributed by atoms with van der Waals surface area (Å²) in [5.74, 6) is 1.70. The summed E-state index contributed by atoms with van der Waals surface area (Å²) >= 11 is 0. The van der Waals surface area contributed by atoms with Crippen LogP contribution in [0.2, 0.25) is 0 Å². The van der Waals surface area contributed by atoms with E-state index in [-0.39, 0.29) is 5.82 Å². The van der Waals surface area contributed by atoms with Gasteiger partial charge in [-0.15, -0.1) is 0 Å². The first-order valence-electron chi connectivity index (χ1n) is 8.17. The smallest absolute Gasteiger partial charge is 0.123 e. The van der Waals surface area contributed by atoms with E-state index in [0.717, 1.165) is 31.3 Å². The molecule has 1 aromatic rings. The molecule has 0 aliphatic heterocycles. The van der Waals surface area contributed by atoms with Crippen LogP contribution in [0.5, 0.6) is 0 Å². The van der Waals surface area contributed by atoms with Crippen LogP contribution in [0.25, 0.3) is 0 Å². The Morgan fingerprint density at radius 2 is 2.05 bits per heavy atom. The molecule has 0 spiro atoms. The van der Waals surface area contributed by atoms with Crippen molar-refractivity contribution < 1.29 is 4.39 Å². The molecule has 2 bridgehead atoms. The monoisotopic (exact) mass is 275 g/mol. The second kappa shape index (κ2) is 5.85. The van der Waals surface area contributed by atoms with Gasteiger partial charge in [0.05, 0.1) is 0 Å². The Kier molecular flexibility index (Phi) is 4.11. The van der Waals surface area contributed by atoms with Gasteiger partial charge in [0, 0.05) is 6.54 Å². The van der Waals surface area contributed by atoms with E-state index in [1.165, 1.54) is 37.7 Å². The van der Waals surface area contributed by atoms with E-state index < -0.39 is 0 Å². The molecular weight excluding hydrogens is 249 g/mol. The second-order valence-electron chi connectivity index (χ2n) is 6.92. The van der Waals surface area contributed by atoms with Crippen molar-refractivity contribution in [1.29, 1.82) is 0 Å². The molecule has 3 unspecified atom stereocenters. The van der Waals surface area contributed by atoms with Crippen LogP contribution in [0.4, 0.5) is 4.39 Å². The second-order valence-corrected chi connectivity index (χ2v) is 6.92. The minimum atomic E-state index is -0.125. The van der Waals surface area contributed by atoms with Gasteiger partial charge in [0.25, 0.3) is 0 Å². The SMILES string of the molecule is CCCNCC1(Cc2ccc(F)cc2)CC2CCC1C2. The highest BCUT2D eigenvalue weighted by Gasteiger charge is 2.50. The average Bonchev–Trinajstić information content (AvgIpc) is 3.03. The van der Waals surface area contributed by atoms with Gasteiger partial charge in [-0.1, -0.05) is 25.5 Å². The number of benzene rings is 1. The molecule has 0 amide bonds.